The van der Waals surface area contributed by atoms with Crippen molar-refractivity contribution in [2.75, 3.05) is 36.4 Å². The lowest BCUT2D eigenvalue weighted by Crippen LogP contribution is -2.49. The molecule has 1 aliphatic heterocycles. The number of para-hydroxylation sites is 2. The topological polar surface area (TPSA) is 65.8 Å². The van der Waals surface area contributed by atoms with E-state index in [0.717, 1.165) is 11.3 Å². The normalized spacial score (nSPS) is 13.5. The molecular weight excluding hydrogens is 497 g/mol. The van der Waals surface area contributed by atoms with E-state index in [2.05, 4.69) is 10.2 Å². The van der Waals surface area contributed by atoms with E-state index in [1.165, 1.54) is 0 Å². The van der Waals surface area contributed by atoms with E-state index in [1.54, 1.807) is 48.5 Å². The molecular formula is C28H23Cl2N3O3. The van der Waals surface area contributed by atoms with Gasteiger partial charge in [0.15, 0.2) is 5.76 Å². The third kappa shape index (κ3) is 5.25. The van der Waals surface area contributed by atoms with Gasteiger partial charge in [-0.3, -0.25) is 9.59 Å². The highest BCUT2D eigenvalue weighted by Gasteiger charge is 2.24. The van der Waals surface area contributed by atoms with Crippen molar-refractivity contribution >= 4 is 46.4 Å². The maximum Gasteiger partial charge on any atom is 0.291 e. The first-order valence-corrected chi connectivity index (χ1v) is 12.3. The minimum atomic E-state index is -0.340. The predicted octanol–water partition coefficient (Wildman–Crippen LogP) is 6.47. The van der Waals surface area contributed by atoms with Gasteiger partial charge >= 0.3 is 0 Å². The third-order valence-electron chi connectivity index (χ3n) is 6.09. The minimum Gasteiger partial charge on any atom is -0.451 e. The van der Waals surface area contributed by atoms with Crippen LogP contribution in [0.3, 0.4) is 0 Å². The van der Waals surface area contributed by atoms with E-state index in [9.17, 15) is 9.59 Å². The van der Waals surface area contributed by atoms with Gasteiger partial charge < -0.3 is 19.5 Å². The molecule has 1 fully saturated rings. The van der Waals surface area contributed by atoms with Crippen LogP contribution in [0.4, 0.5) is 11.4 Å². The first kappa shape index (κ1) is 24.0. The highest BCUT2D eigenvalue weighted by Crippen LogP contribution is 2.29. The van der Waals surface area contributed by atoms with E-state index in [-0.39, 0.29) is 17.6 Å². The molecule has 5 rings (SSSR count). The van der Waals surface area contributed by atoms with Crippen molar-refractivity contribution in [2.45, 2.75) is 0 Å². The summed E-state index contributed by atoms with van der Waals surface area (Å²) < 4.78 is 5.80. The summed E-state index contributed by atoms with van der Waals surface area (Å²) in [7, 11) is 0. The van der Waals surface area contributed by atoms with E-state index in [4.69, 9.17) is 27.6 Å². The minimum absolute atomic E-state index is 0.0127. The maximum atomic E-state index is 13.0. The Morgan fingerprint density at radius 2 is 1.53 bits per heavy atom. The number of carbonyl (C=O) groups is 2. The number of rotatable bonds is 5. The number of furan rings is 1. The molecule has 182 valence electrons. The smallest absolute Gasteiger partial charge is 0.291 e. The summed E-state index contributed by atoms with van der Waals surface area (Å²) in [5.74, 6) is 0.420. The molecule has 4 aromatic rings. The lowest BCUT2D eigenvalue weighted by atomic mass is 10.1. The molecule has 1 N–H and O–H groups in total. The Labute approximate surface area is 219 Å². The molecule has 36 heavy (non-hydrogen) atoms. The Kier molecular flexibility index (Phi) is 6.98. The molecule has 3 aromatic carbocycles. The number of carbonyl (C=O) groups excluding carboxylic acids is 2. The van der Waals surface area contributed by atoms with Crippen molar-refractivity contribution in [3.05, 3.63) is 106 Å². The van der Waals surface area contributed by atoms with Crippen LogP contribution in [0.1, 0.15) is 20.9 Å². The maximum absolute atomic E-state index is 13.0. The van der Waals surface area contributed by atoms with Gasteiger partial charge in [-0.25, -0.2) is 0 Å². The fraction of sp³-hybridized carbons (Fsp3) is 0.143. The Balaban J connectivity index is 1.25. The van der Waals surface area contributed by atoms with Crippen LogP contribution in [0.5, 0.6) is 0 Å². The summed E-state index contributed by atoms with van der Waals surface area (Å²) in [4.78, 5) is 29.8. The zero-order chi connectivity index (χ0) is 25.1. The summed E-state index contributed by atoms with van der Waals surface area (Å²) in [6.07, 6.45) is 0. The molecule has 8 heteroatoms. The number of hydrogen-bond acceptors (Lipinski definition) is 4. The number of benzene rings is 3. The quantitative estimate of drug-likeness (QED) is 0.328. The summed E-state index contributed by atoms with van der Waals surface area (Å²) >= 11 is 12.0. The van der Waals surface area contributed by atoms with Crippen molar-refractivity contribution in [3.8, 4) is 11.3 Å². The number of nitrogens with zero attached hydrogens (tertiary/aromatic N) is 2. The van der Waals surface area contributed by atoms with Crippen LogP contribution in [0.25, 0.3) is 11.3 Å². The molecule has 2 heterocycles. The molecule has 1 aromatic heterocycles. The van der Waals surface area contributed by atoms with Crippen molar-refractivity contribution in [3.63, 3.8) is 0 Å². The van der Waals surface area contributed by atoms with Crippen LogP contribution in [-0.4, -0.2) is 42.9 Å². The summed E-state index contributed by atoms with van der Waals surface area (Å²) in [6.45, 7) is 2.44. The molecule has 6 nitrogen and oxygen atoms in total. The SMILES string of the molecule is O=C(Nc1ccccc1N1CCN(C(=O)c2ccc(Cl)cc2)CC1)c1ccc(-c2cccc(Cl)c2)o1. The molecule has 0 radical (unpaired) electrons. The van der Waals surface area contributed by atoms with Gasteiger partial charge in [-0.2, -0.15) is 0 Å². The highest BCUT2D eigenvalue weighted by molar-refractivity contribution is 6.31. The van der Waals surface area contributed by atoms with Crippen LogP contribution in [0, 0.1) is 0 Å². The summed E-state index contributed by atoms with van der Waals surface area (Å²) in [5, 5.41) is 4.17. The van der Waals surface area contributed by atoms with Gasteiger partial charge in [-0.15, -0.1) is 0 Å². The van der Waals surface area contributed by atoms with E-state index >= 15 is 0 Å². The van der Waals surface area contributed by atoms with Crippen LogP contribution < -0.4 is 10.2 Å². The van der Waals surface area contributed by atoms with Gasteiger partial charge in [0.05, 0.1) is 11.4 Å². The van der Waals surface area contributed by atoms with Crippen LogP contribution in [0.15, 0.2) is 89.3 Å². The second-order valence-electron chi connectivity index (χ2n) is 8.43. The number of anilines is 2. The first-order valence-electron chi connectivity index (χ1n) is 11.5. The molecule has 1 saturated heterocycles. The predicted molar refractivity (Wildman–Crippen MR) is 143 cm³/mol. The molecule has 0 bridgehead atoms. The molecule has 0 unspecified atom stereocenters. The Hall–Kier alpha value is -3.74. The fourth-order valence-corrected chi connectivity index (χ4v) is 4.54. The monoisotopic (exact) mass is 519 g/mol. The Morgan fingerprint density at radius 3 is 2.28 bits per heavy atom. The number of amides is 2. The third-order valence-corrected chi connectivity index (χ3v) is 6.58. The zero-order valence-electron chi connectivity index (χ0n) is 19.3. The first-order chi connectivity index (χ1) is 17.5. The Morgan fingerprint density at radius 1 is 0.778 bits per heavy atom. The zero-order valence-corrected chi connectivity index (χ0v) is 20.8. The molecule has 0 atom stereocenters. The van der Waals surface area contributed by atoms with Crippen molar-refractivity contribution in [1.82, 2.24) is 4.90 Å². The van der Waals surface area contributed by atoms with Crippen LogP contribution >= 0.6 is 23.2 Å². The summed E-state index contributed by atoms with van der Waals surface area (Å²) in [5.41, 5.74) is 3.00. The molecule has 0 aliphatic carbocycles. The van der Waals surface area contributed by atoms with E-state index < -0.39 is 0 Å². The van der Waals surface area contributed by atoms with Gasteiger partial charge in [-0.1, -0.05) is 47.5 Å². The lowest BCUT2D eigenvalue weighted by molar-refractivity contribution is 0.0746. The second-order valence-corrected chi connectivity index (χ2v) is 9.30. The van der Waals surface area contributed by atoms with Gasteiger partial charge in [-0.05, 0) is 60.7 Å². The largest absolute Gasteiger partial charge is 0.451 e. The van der Waals surface area contributed by atoms with E-state index in [0.29, 0.717) is 53.2 Å². The lowest BCUT2D eigenvalue weighted by Gasteiger charge is -2.37. The number of halogens is 2. The second kappa shape index (κ2) is 10.5. The van der Waals surface area contributed by atoms with Gasteiger partial charge in [0.2, 0.25) is 0 Å². The van der Waals surface area contributed by atoms with Gasteiger partial charge in [0.25, 0.3) is 11.8 Å². The Bertz CT molecular complexity index is 1390. The van der Waals surface area contributed by atoms with Gasteiger partial charge in [0, 0.05) is 47.4 Å². The molecule has 0 spiro atoms. The van der Waals surface area contributed by atoms with E-state index in [1.807, 2.05) is 41.3 Å². The molecule has 2 amide bonds. The standard InChI is InChI=1S/C28H23Cl2N3O3/c29-21-10-8-19(9-11-21)28(35)33-16-14-32(15-17-33)24-7-2-1-6-23(24)31-27(34)26-13-12-25(36-26)20-4-3-5-22(30)18-20/h1-13,18H,14-17H2,(H,31,34). The van der Waals surface area contributed by atoms with Crippen LogP contribution in [0.2, 0.25) is 10.0 Å². The van der Waals surface area contributed by atoms with Crippen LogP contribution in [-0.2, 0) is 0 Å². The fourth-order valence-electron chi connectivity index (χ4n) is 4.22. The average molecular weight is 520 g/mol. The van der Waals surface area contributed by atoms with Crippen molar-refractivity contribution < 1.29 is 14.0 Å². The average Bonchev–Trinajstić information content (AvgIpc) is 3.40. The molecule has 0 saturated carbocycles. The number of hydrogen-bond donors (Lipinski definition) is 1. The van der Waals surface area contributed by atoms with Gasteiger partial charge in [0.1, 0.15) is 5.76 Å². The number of nitrogens with one attached hydrogen (secondary N) is 1. The number of piperazine rings is 1. The summed E-state index contributed by atoms with van der Waals surface area (Å²) in [6, 6.07) is 25.2. The van der Waals surface area contributed by atoms with Crippen molar-refractivity contribution in [1.29, 1.82) is 0 Å². The molecule has 1 aliphatic rings. The highest BCUT2D eigenvalue weighted by atomic mass is 35.5. The van der Waals surface area contributed by atoms with Crippen molar-refractivity contribution in [2.24, 2.45) is 0 Å².